The molecular formula is C71H45N3O. The topological polar surface area (TPSA) is 35.9 Å². The van der Waals surface area contributed by atoms with Crippen LogP contribution in [0.3, 0.4) is 0 Å². The highest BCUT2D eigenvalue weighted by molar-refractivity contribution is 6.15. The Balaban J connectivity index is 0.830. The van der Waals surface area contributed by atoms with E-state index in [2.05, 4.69) is 270 Å². The summed E-state index contributed by atoms with van der Waals surface area (Å²) in [4.78, 5) is 4.76. The van der Waals surface area contributed by atoms with Gasteiger partial charge in [0.1, 0.15) is 11.2 Å². The Kier molecular flexibility index (Phi) is 9.85. The Morgan fingerprint density at radius 2 is 0.707 bits per heavy atom. The highest BCUT2D eigenvalue weighted by atomic mass is 16.3. The second-order valence-electron chi connectivity index (χ2n) is 19.5. The van der Waals surface area contributed by atoms with E-state index >= 15 is 0 Å². The van der Waals surface area contributed by atoms with Crippen molar-refractivity contribution < 1.29 is 4.42 Å². The summed E-state index contributed by atoms with van der Waals surface area (Å²) in [6.45, 7) is 0. The van der Waals surface area contributed by atoms with Gasteiger partial charge in [0.2, 0.25) is 0 Å². The van der Waals surface area contributed by atoms with Crippen molar-refractivity contribution in [3.8, 4) is 78.3 Å². The summed E-state index contributed by atoms with van der Waals surface area (Å²) in [5.41, 5.74) is 22.3. The molecule has 0 saturated carbocycles. The van der Waals surface area contributed by atoms with Crippen LogP contribution in [0, 0.1) is 0 Å². The summed E-state index contributed by atoms with van der Waals surface area (Å²) in [6, 6.07) is 96.4. The third-order valence-corrected chi connectivity index (χ3v) is 15.2. The fourth-order valence-electron chi connectivity index (χ4n) is 11.5. The highest BCUT2D eigenvalue weighted by Gasteiger charge is 2.20. The third-order valence-electron chi connectivity index (χ3n) is 15.2. The minimum atomic E-state index is 0.880. The smallest absolute Gasteiger partial charge is 0.143 e. The number of pyridine rings is 1. The monoisotopic (exact) mass is 955 g/mol. The van der Waals surface area contributed by atoms with Gasteiger partial charge in [0.05, 0.1) is 27.8 Å². The fourth-order valence-corrected chi connectivity index (χ4v) is 11.5. The Labute approximate surface area is 433 Å². The van der Waals surface area contributed by atoms with Gasteiger partial charge in [-0.15, -0.1) is 0 Å². The zero-order valence-corrected chi connectivity index (χ0v) is 40.7. The molecule has 15 aromatic rings. The SMILES string of the molecule is c1ccc(-c2ccc(-c3ccc(-c4ccc5c(c4)c4ccccc4n5-c4cccc(-n5c6ccc(-c7ccccn7)cc6c6cc(-c7cccc8c7oc7ccc(-c9ccccc9)cc78)ccc65)c4)cc3)cc2)cc1. The van der Waals surface area contributed by atoms with E-state index in [1.165, 1.54) is 60.8 Å². The molecule has 0 aliphatic heterocycles. The number of aromatic nitrogens is 3. The molecule has 0 saturated heterocycles. The summed E-state index contributed by atoms with van der Waals surface area (Å²) in [5.74, 6) is 0. The largest absolute Gasteiger partial charge is 0.455 e. The number of hydrogen-bond donors (Lipinski definition) is 0. The molecule has 0 amide bonds. The predicted octanol–water partition coefficient (Wildman–Crippen LogP) is 19.2. The van der Waals surface area contributed by atoms with Gasteiger partial charge in [-0.05, 0) is 135 Å². The first-order valence-corrected chi connectivity index (χ1v) is 25.6. The van der Waals surface area contributed by atoms with Gasteiger partial charge < -0.3 is 13.6 Å². The zero-order valence-electron chi connectivity index (χ0n) is 40.7. The first-order valence-electron chi connectivity index (χ1n) is 25.6. The quantitative estimate of drug-likeness (QED) is 0.152. The van der Waals surface area contributed by atoms with Crippen LogP contribution in [0.4, 0.5) is 0 Å². The van der Waals surface area contributed by atoms with Gasteiger partial charge in [0.25, 0.3) is 0 Å². The van der Waals surface area contributed by atoms with Gasteiger partial charge >= 0.3 is 0 Å². The van der Waals surface area contributed by atoms with Crippen LogP contribution in [0.1, 0.15) is 0 Å². The number of rotatable bonds is 8. The maximum atomic E-state index is 6.74. The summed E-state index contributed by atoms with van der Waals surface area (Å²) < 4.78 is 11.6. The lowest BCUT2D eigenvalue weighted by molar-refractivity contribution is 0.670. The van der Waals surface area contributed by atoms with Gasteiger partial charge in [-0.3, -0.25) is 4.98 Å². The molecule has 0 N–H and O–H groups in total. The van der Waals surface area contributed by atoms with E-state index in [0.29, 0.717) is 0 Å². The molecule has 0 aliphatic rings. The first-order chi connectivity index (χ1) is 37.2. The van der Waals surface area contributed by atoms with E-state index < -0.39 is 0 Å². The molecule has 4 heteroatoms. The minimum Gasteiger partial charge on any atom is -0.455 e. The Hall–Kier alpha value is -10.0. The van der Waals surface area contributed by atoms with Crippen LogP contribution < -0.4 is 0 Å². The number of furan rings is 1. The second-order valence-corrected chi connectivity index (χ2v) is 19.5. The number of hydrogen-bond acceptors (Lipinski definition) is 2. The van der Waals surface area contributed by atoms with Crippen molar-refractivity contribution >= 4 is 65.6 Å². The van der Waals surface area contributed by atoms with Crippen molar-refractivity contribution in [2.75, 3.05) is 0 Å². The van der Waals surface area contributed by atoms with Gasteiger partial charge in [0.15, 0.2) is 0 Å². The Bertz CT molecular complexity index is 4660. The van der Waals surface area contributed by atoms with E-state index in [0.717, 1.165) is 83.0 Å². The predicted molar refractivity (Wildman–Crippen MR) is 313 cm³/mol. The molecule has 0 aliphatic carbocycles. The van der Waals surface area contributed by atoms with E-state index in [1.807, 2.05) is 12.3 Å². The summed E-state index contributed by atoms with van der Waals surface area (Å²) in [5, 5.41) is 6.97. The van der Waals surface area contributed by atoms with Crippen LogP contribution in [-0.4, -0.2) is 14.1 Å². The summed E-state index contributed by atoms with van der Waals surface area (Å²) in [7, 11) is 0. The molecule has 350 valence electrons. The van der Waals surface area contributed by atoms with Crippen molar-refractivity contribution in [3.05, 3.63) is 273 Å². The Morgan fingerprint density at radius 1 is 0.267 bits per heavy atom. The molecule has 4 nitrogen and oxygen atoms in total. The average molecular weight is 956 g/mol. The second kappa shape index (κ2) is 17.3. The standard InChI is InChI=1S/C71H45N3O/c1-3-13-46(14-4-1)48-24-26-49(27-25-48)50-28-30-51(31-29-50)52-32-36-67-61(41-52)59-19-7-8-23-66(59)73(67)56-17-11-18-57(45-56)74-68-37-33-54(43-62(68)63-44-55(34-38-69(63)74)65-22-9-10-40-72-65)58-20-12-21-60-64-42-53(47-15-5-2-6-16-47)35-39-70(64)75-71(58)60/h1-45H. The van der Waals surface area contributed by atoms with Gasteiger partial charge in [-0.2, -0.15) is 0 Å². The lowest BCUT2D eigenvalue weighted by Crippen LogP contribution is -1.98. The van der Waals surface area contributed by atoms with E-state index in [4.69, 9.17) is 9.40 Å². The molecular weight excluding hydrogens is 911 g/mol. The number of benzene rings is 11. The summed E-state index contributed by atoms with van der Waals surface area (Å²) in [6.07, 6.45) is 1.86. The normalized spacial score (nSPS) is 11.7. The molecule has 0 radical (unpaired) electrons. The molecule has 0 unspecified atom stereocenters. The molecule has 15 rings (SSSR count). The average Bonchev–Trinajstić information content (AvgIpc) is 4.16. The van der Waals surface area contributed by atoms with Crippen LogP contribution in [0.2, 0.25) is 0 Å². The highest BCUT2D eigenvalue weighted by Crippen LogP contribution is 2.42. The van der Waals surface area contributed by atoms with Crippen LogP contribution in [0.25, 0.3) is 144 Å². The van der Waals surface area contributed by atoms with E-state index in [-0.39, 0.29) is 0 Å². The lowest BCUT2D eigenvalue weighted by Gasteiger charge is -2.13. The lowest BCUT2D eigenvalue weighted by atomic mass is 9.97. The molecule has 11 aromatic carbocycles. The summed E-state index contributed by atoms with van der Waals surface area (Å²) >= 11 is 0. The maximum absolute atomic E-state index is 6.74. The molecule has 0 fully saturated rings. The molecule has 0 bridgehead atoms. The van der Waals surface area contributed by atoms with Crippen molar-refractivity contribution in [2.45, 2.75) is 0 Å². The maximum Gasteiger partial charge on any atom is 0.143 e. The van der Waals surface area contributed by atoms with E-state index in [9.17, 15) is 0 Å². The molecule has 4 heterocycles. The van der Waals surface area contributed by atoms with Crippen molar-refractivity contribution in [1.29, 1.82) is 0 Å². The van der Waals surface area contributed by atoms with Crippen molar-refractivity contribution in [2.24, 2.45) is 0 Å². The van der Waals surface area contributed by atoms with Gasteiger partial charge in [-0.25, -0.2) is 0 Å². The molecule has 4 aromatic heterocycles. The molecule has 0 spiro atoms. The minimum absolute atomic E-state index is 0.880. The van der Waals surface area contributed by atoms with Crippen LogP contribution >= 0.6 is 0 Å². The van der Waals surface area contributed by atoms with Crippen molar-refractivity contribution in [3.63, 3.8) is 0 Å². The van der Waals surface area contributed by atoms with Crippen LogP contribution in [0.5, 0.6) is 0 Å². The zero-order chi connectivity index (χ0) is 49.4. The van der Waals surface area contributed by atoms with Crippen LogP contribution in [0.15, 0.2) is 278 Å². The van der Waals surface area contributed by atoms with E-state index in [1.54, 1.807) is 0 Å². The van der Waals surface area contributed by atoms with Gasteiger partial charge in [-0.1, -0.05) is 182 Å². The Morgan fingerprint density at radius 3 is 1.35 bits per heavy atom. The third kappa shape index (κ3) is 7.18. The first kappa shape index (κ1) is 42.6. The fraction of sp³-hybridized carbons (Fsp3) is 0. The molecule has 0 atom stereocenters. The number of fused-ring (bicyclic) bond motifs is 9. The van der Waals surface area contributed by atoms with Gasteiger partial charge in [0, 0.05) is 61.0 Å². The van der Waals surface area contributed by atoms with Crippen molar-refractivity contribution in [1.82, 2.24) is 14.1 Å². The molecule has 75 heavy (non-hydrogen) atoms. The number of para-hydroxylation sites is 2. The van der Waals surface area contributed by atoms with Crippen LogP contribution in [-0.2, 0) is 0 Å². The number of nitrogens with zero attached hydrogens (tertiary/aromatic N) is 3.